The predicted octanol–water partition coefficient (Wildman–Crippen LogP) is 6.55. The normalized spacial score (nSPS) is 19.1. The van der Waals surface area contributed by atoms with Gasteiger partial charge < -0.3 is 9.47 Å². The summed E-state index contributed by atoms with van der Waals surface area (Å²) in [6, 6.07) is 10.7. The van der Waals surface area contributed by atoms with Crippen molar-refractivity contribution in [1.82, 2.24) is 0 Å². The van der Waals surface area contributed by atoms with Gasteiger partial charge in [0.15, 0.2) is 0 Å². The second-order valence-electron chi connectivity index (χ2n) is 6.95. The van der Waals surface area contributed by atoms with Crippen molar-refractivity contribution >= 4 is 50.7 Å². The summed E-state index contributed by atoms with van der Waals surface area (Å²) in [6.07, 6.45) is -0.626. The first kappa shape index (κ1) is 21.6. The lowest BCUT2D eigenvalue weighted by Crippen LogP contribution is -2.41. The van der Waals surface area contributed by atoms with Gasteiger partial charge in [0.2, 0.25) is 0 Å². The van der Waals surface area contributed by atoms with E-state index in [1.54, 1.807) is 31.2 Å². The highest BCUT2D eigenvalue weighted by Crippen LogP contribution is 2.46. The first-order valence-electron chi connectivity index (χ1n) is 9.06. The summed E-state index contributed by atoms with van der Waals surface area (Å²) in [5.41, 5.74) is 1.92. The van der Waals surface area contributed by atoms with Crippen LogP contribution in [0, 0.1) is 0 Å². The number of aliphatic imine (C=N–C) groups is 1. The van der Waals surface area contributed by atoms with Crippen LogP contribution in [-0.2, 0) is 4.74 Å². The van der Waals surface area contributed by atoms with Gasteiger partial charge in [0.1, 0.15) is 30.0 Å². The van der Waals surface area contributed by atoms with Gasteiger partial charge in [-0.2, -0.15) is 8.78 Å². The van der Waals surface area contributed by atoms with Crippen molar-refractivity contribution in [2.45, 2.75) is 18.4 Å². The molecule has 0 saturated carbocycles. The Morgan fingerprint density at radius 3 is 2.73 bits per heavy atom. The van der Waals surface area contributed by atoms with Crippen LogP contribution >= 0.6 is 39.1 Å². The molecule has 0 amide bonds. The Hall–Kier alpha value is -1.67. The van der Waals surface area contributed by atoms with Crippen molar-refractivity contribution in [1.29, 1.82) is 0 Å². The summed E-state index contributed by atoms with van der Waals surface area (Å²) in [6.45, 7) is 1.74. The number of hydrogen-bond acceptors (Lipinski definition) is 4. The maximum absolute atomic E-state index is 14.4. The molecule has 0 fully saturated rings. The molecule has 30 heavy (non-hydrogen) atoms. The zero-order valence-corrected chi connectivity index (χ0v) is 19.2. The Kier molecular flexibility index (Phi) is 5.83. The van der Waals surface area contributed by atoms with E-state index in [0.29, 0.717) is 39.0 Å². The van der Waals surface area contributed by atoms with Crippen LogP contribution in [-0.4, -0.2) is 31.5 Å². The van der Waals surface area contributed by atoms with Crippen molar-refractivity contribution in [3.63, 3.8) is 0 Å². The Morgan fingerprint density at radius 2 is 2.03 bits per heavy atom. The first-order chi connectivity index (χ1) is 14.2. The van der Waals surface area contributed by atoms with E-state index in [2.05, 4.69) is 20.9 Å². The van der Waals surface area contributed by atoms with Crippen LogP contribution in [0.5, 0.6) is 5.75 Å². The van der Waals surface area contributed by atoms with Gasteiger partial charge in [-0.1, -0.05) is 39.7 Å². The molecule has 4 nitrogen and oxygen atoms in total. The molecule has 2 aromatic rings. The second kappa shape index (κ2) is 8.11. The van der Waals surface area contributed by atoms with Crippen molar-refractivity contribution in [3.05, 3.63) is 68.3 Å². The van der Waals surface area contributed by atoms with E-state index < -0.39 is 11.5 Å². The minimum Gasteiger partial charge on any atom is -0.495 e. The lowest BCUT2D eigenvalue weighted by atomic mass is 9.98. The zero-order valence-electron chi connectivity index (χ0n) is 16.1. The molecule has 0 aliphatic carbocycles. The topological polar surface area (TPSA) is 34.1 Å². The van der Waals surface area contributed by atoms with Gasteiger partial charge in [0, 0.05) is 15.6 Å². The highest BCUT2D eigenvalue weighted by atomic mass is 79.9. The van der Waals surface area contributed by atoms with E-state index in [4.69, 9.17) is 32.7 Å². The molecule has 0 saturated heterocycles. The van der Waals surface area contributed by atoms with Crippen LogP contribution in [0.3, 0.4) is 0 Å². The third-order valence-electron chi connectivity index (χ3n) is 5.04. The summed E-state index contributed by atoms with van der Waals surface area (Å²) >= 11 is 15.6. The number of hydrogen-bond donors (Lipinski definition) is 0. The zero-order chi connectivity index (χ0) is 21.6. The fourth-order valence-corrected chi connectivity index (χ4v) is 4.67. The van der Waals surface area contributed by atoms with Gasteiger partial charge in [-0.15, -0.1) is 0 Å². The van der Waals surface area contributed by atoms with E-state index >= 15 is 0 Å². The maximum atomic E-state index is 14.4. The van der Waals surface area contributed by atoms with Crippen LogP contribution in [0.4, 0.5) is 14.5 Å². The van der Waals surface area contributed by atoms with Crippen molar-refractivity contribution < 1.29 is 18.3 Å². The number of fused-ring (bicyclic) bond motifs is 3. The highest BCUT2D eigenvalue weighted by Gasteiger charge is 2.43. The largest absolute Gasteiger partial charge is 0.495 e. The highest BCUT2D eigenvalue weighted by molar-refractivity contribution is 9.10. The van der Waals surface area contributed by atoms with Crippen LogP contribution in [0.25, 0.3) is 0 Å². The van der Waals surface area contributed by atoms with Crippen LogP contribution in [0.15, 0.2) is 57.1 Å². The molecule has 0 aromatic heterocycles. The number of rotatable bonds is 3. The first-order valence-corrected chi connectivity index (χ1v) is 10.6. The van der Waals surface area contributed by atoms with Crippen LogP contribution in [0.2, 0.25) is 5.02 Å². The Labute approximate surface area is 191 Å². The van der Waals surface area contributed by atoms with Crippen molar-refractivity contribution in [2.75, 3.05) is 25.2 Å². The standard InChI is InChI=1S/C21H17BrCl2F2N2O2/c1-11-9-27-17-10-30-19(13-4-3-5-16(29-2)18(13)23)14-8-12(22)6-7-15(14)28(17)20(11)21(24,25)26/h3-8,19H,9-10H2,1-2H3/t19-/m1/s1. The van der Waals surface area contributed by atoms with E-state index in [1.807, 2.05) is 12.1 Å². The predicted molar refractivity (Wildman–Crippen MR) is 118 cm³/mol. The number of benzene rings is 2. The molecule has 0 spiro atoms. The van der Waals surface area contributed by atoms with Crippen molar-refractivity contribution in [3.8, 4) is 5.75 Å². The molecule has 2 aliphatic rings. The summed E-state index contributed by atoms with van der Waals surface area (Å²) in [7, 11) is 1.53. The summed E-state index contributed by atoms with van der Waals surface area (Å²) in [5, 5.41) is -3.17. The molecule has 2 aliphatic heterocycles. The Bertz CT molecular complexity index is 1070. The molecule has 0 bridgehead atoms. The minimum absolute atomic E-state index is 0.00819. The van der Waals surface area contributed by atoms with Gasteiger partial charge in [-0.05, 0) is 48.4 Å². The molecule has 9 heteroatoms. The van der Waals surface area contributed by atoms with Gasteiger partial charge >= 0.3 is 5.38 Å². The van der Waals surface area contributed by atoms with Gasteiger partial charge in [0.05, 0.1) is 24.4 Å². The van der Waals surface area contributed by atoms with E-state index in [1.165, 1.54) is 12.0 Å². The second-order valence-corrected chi connectivity index (χ2v) is 8.72. The fraction of sp³-hybridized carbons (Fsp3) is 0.286. The molecule has 2 heterocycles. The number of nitrogens with zero attached hydrogens (tertiary/aromatic N) is 2. The van der Waals surface area contributed by atoms with Gasteiger partial charge in [0.25, 0.3) is 0 Å². The number of ether oxygens (including phenoxy) is 2. The Morgan fingerprint density at radius 1 is 1.27 bits per heavy atom. The summed E-state index contributed by atoms with van der Waals surface area (Å²) in [4.78, 5) is 5.86. The number of methoxy groups -OCH3 is 1. The lowest BCUT2D eigenvalue weighted by molar-refractivity contribution is 0.114. The lowest BCUT2D eigenvalue weighted by Gasteiger charge is -2.34. The van der Waals surface area contributed by atoms with Gasteiger partial charge in [-0.3, -0.25) is 9.89 Å². The number of alkyl halides is 3. The smallest absolute Gasteiger partial charge is 0.363 e. The molecule has 0 radical (unpaired) electrons. The number of anilines is 1. The van der Waals surface area contributed by atoms with E-state index in [-0.39, 0.29) is 18.8 Å². The summed E-state index contributed by atoms with van der Waals surface area (Å²) < 4.78 is 41.2. The van der Waals surface area contributed by atoms with E-state index in [0.717, 1.165) is 4.47 Å². The molecule has 4 rings (SSSR count). The average molecular weight is 518 g/mol. The van der Waals surface area contributed by atoms with Crippen LogP contribution in [0.1, 0.15) is 24.2 Å². The SMILES string of the molecule is COc1cccc([C@H]2OCC3=NCC(C)=C(C(F)(F)Cl)N3c3ccc(Br)cc32)c1Cl. The molecule has 2 aromatic carbocycles. The number of halogens is 5. The van der Waals surface area contributed by atoms with Gasteiger partial charge in [-0.25, -0.2) is 0 Å². The number of allylic oxidation sites excluding steroid dienone is 1. The average Bonchev–Trinajstić information content (AvgIpc) is 2.84. The van der Waals surface area contributed by atoms with Crippen molar-refractivity contribution in [2.24, 2.45) is 4.99 Å². The molecule has 1 atom stereocenters. The third kappa shape index (κ3) is 3.73. The molecule has 158 valence electrons. The minimum atomic E-state index is -3.57. The third-order valence-corrected chi connectivity index (χ3v) is 6.12. The molecule has 0 unspecified atom stereocenters. The molecular formula is C21H17BrCl2F2N2O2. The Balaban J connectivity index is 1.95. The fourth-order valence-electron chi connectivity index (χ4n) is 3.75. The van der Waals surface area contributed by atoms with E-state index in [9.17, 15) is 8.78 Å². The monoisotopic (exact) mass is 516 g/mol. The number of amidine groups is 1. The van der Waals surface area contributed by atoms with Crippen LogP contribution < -0.4 is 9.64 Å². The summed E-state index contributed by atoms with van der Waals surface area (Å²) in [5.74, 6) is 0.860. The quantitative estimate of drug-likeness (QED) is 0.432. The maximum Gasteiger partial charge on any atom is 0.363 e. The molecule has 0 N–H and O–H groups in total. The molecular weight excluding hydrogens is 501 g/mol.